The summed E-state index contributed by atoms with van der Waals surface area (Å²) in [6.07, 6.45) is 0.680. The Balaban J connectivity index is 2.15. The summed E-state index contributed by atoms with van der Waals surface area (Å²) in [5.74, 6) is -1.87. The van der Waals surface area contributed by atoms with Crippen LogP contribution in [-0.4, -0.2) is 27.3 Å². The van der Waals surface area contributed by atoms with Crippen LogP contribution >= 0.6 is 0 Å². The molecule has 1 aromatic heterocycles. The fourth-order valence-corrected chi connectivity index (χ4v) is 3.53. The first-order valence-corrected chi connectivity index (χ1v) is 9.01. The molecule has 1 aliphatic rings. The highest BCUT2D eigenvalue weighted by atomic mass is 16.4. The average molecular weight is 382 g/mol. The normalized spacial score (nSPS) is 16.2. The van der Waals surface area contributed by atoms with Gasteiger partial charge in [0.1, 0.15) is 11.7 Å². The summed E-state index contributed by atoms with van der Waals surface area (Å²) in [6.45, 7) is 5.19. The van der Waals surface area contributed by atoms with E-state index in [2.05, 4.69) is 5.32 Å². The molecule has 0 radical (unpaired) electrons. The first-order chi connectivity index (χ1) is 13.1. The van der Waals surface area contributed by atoms with Gasteiger partial charge in [-0.15, -0.1) is 0 Å². The number of aromatic nitrogens is 1. The zero-order chi connectivity index (χ0) is 20.6. The Morgan fingerprint density at radius 2 is 1.79 bits per heavy atom. The van der Waals surface area contributed by atoms with Crippen molar-refractivity contribution in [3.8, 4) is 0 Å². The number of carboxylic acids is 1. The van der Waals surface area contributed by atoms with Crippen molar-refractivity contribution in [1.29, 1.82) is 0 Å². The maximum absolute atomic E-state index is 13.0. The van der Waals surface area contributed by atoms with Crippen molar-refractivity contribution < 1.29 is 19.5 Å². The van der Waals surface area contributed by atoms with Crippen molar-refractivity contribution in [3.05, 3.63) is 63.6 Å². The lowest BCUT2D eigenvalue weighted by Gasteiger charge is -2.33. The first kappa shape index (κ1) is 19.5. The number of aliphatic carboxylic acids is 1. The number of nitrogens with zero attached hydrogens (tertiary/aromatic N) is 1. The van der Waals surface area contributed by atoms with Crippen LogP contribution in [-0.2, 0) is 11.2 Å². The maximum atomic E-state index is 13.0. The molecule has 1 heterocycles. The van der Waals surface area contributed by atoms with E-state index >= 15 is 0 Å². The van der Waals surface area contributed by atoms with Crippen LogP contribution in [0.3, 0.4) is 0 Å². The number of ketones is 1. The topological polar surface area (TPSA) is 105 Å². The van der Waals surface area contributed by atoms with Gasteiger partial charge >= 0.3 is 5.97 Å². The maximum Gasteiger partial charge on any atom is 0.326 e. The number of fused-ring (bicyclic) bond motifs is 1. The summed E-state index contributed by atoms with van der Waals surface area (Å²) < 4.78 is 1.12. The van der Waals surface area contributed by atoms with E-state index < -0.39 is 23.5 Å². The molecule has 1 aromatic carbocycles. The second-order valence-electron chi connectivity index (χ2n) is 7.87. The molecule has 1 unspecified atom stereocenters. The number of carbonyl (C=O) groups excluding carboxylic acids is 2. The number of hydrogen-bond acceptors (Lipinski definition) is 4. The highest BCUT2D eigenvalue weighted by Crippen LogP contribution is 2.35. The fourth-order valence-electron chi connectivity index (χ4n) is 3.53. The largest absolute Gasteiger partial charge is 0.480 e. The second kappa shape index (κ2) is 7.07. The van der Waals surface area contributed by atoms with Crippen LogP contribution in [0.1, 0.15) is 59.6 Å². The number of carbonyl (C=O) groups is 3. The molecule has 1 aliphatic carbocycles. The van der Waals surface area contributed by atoms with Crippen molar-refractivity contribution in [2.45, 2.75) is 39.7 Å². The Kier molecular flexibility index (Phi) is 4.93. The molecule has 0 fully saturated rings. The number of nitrogens with one attached hydrogen (secondary N) is 1. The minimum Gasteiger partial charge on any atom is -0.480 e. The molecule has 28 heavy (non-hydrogen) atoms. The van der Waals surface area contributed by atoms with E-state index in [1.54, 1.807) is 30.3 Å². The quantitative estimate of drug-likeness (QED) is 0.846. The van der Waals surface area contributed by atoms with Crippen LogP contribution in [0.25, 0.3) is 0 Å². The average Bonchev–Trinajstić information content (AvgIpc) is 2.62. The molecule has 0 bridgehead atoms. The van der Waals surface area contributed by atoms with Gasteiger partial charge in [-0.2, -0.15) is 0 Å². The molecule has 146 valence electrons. The van der Waals surface area contributed by atoms with E-state index in [4.69, 9.17) is 0 Å². The molecule has 0 aliphatic heterocycles. The smallest absolute Gasteiger partial charge is 0.326 e. The van der Waals surface area contributed by atoms with Crippen LogP contribution in [0.15, 0.2) is 41.2 Å². The van der Waals surface area contributed by atoms with Gasteiger partial charge in [0.25, 0.3) is 11.5 Å². The summed E-state index contributed by atoms with van der Waals surface area (Å²) in [4.78, 5) is 49.8. The molecule has 0 saturated carbocycles. The Hall–Kier alpha value is -3.22. The third kappa shape index (κ3) is 3.60. The van der Waals surface area contributed by atoms with Crippen molar-refractivity contribution in [2.75, 3.05) is 5.32 Å². The molecule has 0 spiro atoms. The van der Waals surface area contributed by atoms with Gasteiger partial charge in [0.05, 0.1) is 0 Å². The van der Waals surface area contributed by atoms with E-state index in [1.807, 2.05) is 13.8 Å². The summed E-state index contributed by atoms with van der Waals surface area (Å²) in [5.41, 5.74) is -0.0815. The number of anilines is 1. The Morgan fingerprint density at radius 1 is 1.14 bits per heavy atom. The molecular formula is C21H22N2O5. The molecule has 7 nitrogen and oxygen atoms in total. The fraction of sp³-hybridized carbons (Fsp3) is 0.333. The summed E-state index contributed by atoms with van der Waals surface area (Å²) >= 11 is 0. The molecule has 0 saturated heterocycles. The van der Waals surface area contributed by atoms with Gasteiger partial charge in [0.2, 0.25) is 0 Å². The predicted octanol–water partition coefficient (Wildman–Crippen LogP) is 2.90. The molecule has 2 N–H and O–H groups in total. The third-order valence-corrected chi connectivity index (χ3v) is 4.95. The Morgan fingerprint density at radius 3 is 2.39 bits per heavy atom. The van der Waals surface area contributed by atoms with Gasteiger partial charge < -0.3 is 10.4 Å². The Bertz CT molecular complexity index is 1020. The monoisotopic (exact) mass is 382 g/mol. The van der Waals surface area contributed by atoms with Gasteiger partial charge in [-0.25, -0.2) is 4.79 Å². The lowest BCUT2D eigenvalue weighted by Crippen LogP contribution is -2.39. The second-order valence-corrected chi connectivity index (χ2v) is 7.87. The van der Waals surface area contributed by atoms with Crippen LogP contribution in [0, 0.1) is 5.41 Å². The molecule has 3 rings (SSSR count). The minimum absolute atomic E-state index is 0.103. The number of Topliss-reactive ketones (excluding diaryl/α,β-unsaturated/α-hetero) is 1. The highest BCUT2D eigenvalue weighted by molar-refractivity contribution is 6.05. The molecule has 2 aromatic rings. The SMILES string of the molecule is CC(C(=O)O)n1c2c(cc(NC(=O)c3ccccc3)c1=O)C(=O)CC(C)(C)C2. The van der Waals surface area contributed by atoms with E-state index in [9.17, 15) is 24.3 Å². The van der Waals surface area contributed by atoms with Crippen LogP contribution < -0.4 is 10.9 Å². The number of pyridine rings is 1. The molecule has 1 atom stereocenters. The highest BCUT2D eigenvalue weighted by Gasteiger charge is 2.35. The Labute approximate surface area is 162 Å². The van der Waals surface area contributed by atoms with Crippen molar-refractivity contribution in [1.82, 2.24) is 4.57 Å². The standard InChI is InChI=1S/C21H22N2O5/c1-12(20(27)28)23-16-10-21(2,3)11-17(24)14(16)9-15(19(23)26)22-18(25)13-7-5-4-6-8-13/h4-9,12H,10-11H2,1-3H3,(H,22,25)(H,27,28). The van der Waals surface area contributed by atoms with Crippen molar-refractivity contribution in [3.63, 3.8) is 0 Å². The number of rotatable bonds is 4. The predicted molar refractivity (Wildman–Crippen MR) is 104 cm³/mol. The number of carboxylic acid groups (broad SMARTS) is 1. The van der Waals surface area contributed by atoms with E-state index in [0.29, 0.717) is 17.7 Å². The van der Waals surface area contributed by atoms with Gasteiger partial charge in [0.15, 0.2) is 5.78 Å². The molecular weight excluding hydrogens is 360 g/mol. The third-order valence-electron chi connectivity index (χ3n) is 4.95. The first-order valence-electron chi connectivity index (χ1n) is 9.01. The lowest BCUT2D eigenvalue weighted by molar-refractivity contribution is -0.140. The van der Waals surface area contributed by atoms with Crippen LogP contribution in [0.5, 0.6) is 0 Å². The number of amides is 1. The van der Waals surface area contributed by atoms with E-state index in [0.717, 1.165) is 4.57 Å². The number of benzene rings is 1. The van der Waals surface area contributed by atoms with Crippen molar-refractivity contribution in [2.24, 2.45) is 5.41 Å². The summed E-state index contributed by atoms with van der Waals surface area (Å²) in [5, 5.41) is 12.0. The van der Waals surface area contributed by atoms with Gasteiger partial charge in [0, 0.05) is 23.2 Å². The van der Waals surface area contributed by atoms with Crippen molar-refractivity contribution >= 4 is 23.3 Å². The summed E-state index contributed by atoms with van der Waals surface area (Å²) in [6, 6.07) is 8.55. The van der Waals surface area contributed by atoms with Gasteiger partial charge in [-0.1, -0.05) is 32.0 Å². The van der Waals surface area contributed by atoms with E-state index in [1.165, 1.54) is 13.0 Å². The zero-order valence-electron chi connectivity index (χ0n) is 16.0. The van der Waals surface area contributed by atoms with Gasteiger partial charge in [-0.05, 0) is 37.0 Å². The summed E-state index contributed by atoms with van der Waals surface area (Å²) in [7, 11) is 0. The van der Waals surface area contributed by atoms with E-state index in [-0.39, 0.29) is 28.9 Å². The molecule has 1 amide bonds. The van der Waals surface area contributed by atoms with Crippen LogP contribution in [0.2, 0.25) is 0 Å². The lowest BCUT2D eigenvalue weighted by atomic mass is 9.75. The van der Waals surface area contributed by atoms with Gasteiger partial charge in [-0.3, -0.25) is 19.0 Å². The molecule has 7 heteroatoms. The zero-order valence-corrected chi connectivity index (χ0v) is 16.0. The minimum atomic E-state index is -1.19. The van der Waals surface area contributed by atoms with Crippen LogP contribution in [0.4, 0.5) is 5.69 Å². The number of hydrogen-bond donors (Lipinski definition) is 2.